The van der Waals surface area contributed by atoms with Crippen LogP contribution in [0, 0.1) is 0 Å². The molecule has 7 nitrogen and oxygen atoms in total. The molecule has 1 atom stereocenters. The molecule has 0 amide bonds. The summed E-state index contributed by atoms with van der Waals surface area (Å²) in [5, 5.41) is 10.2. The summed E-state index contributed by atoms with van der Waals surface area (Å²) in [5.41, 5.74) is 8.16. The van der Waals surface area contributed by atoms with Crippen molar-refractivity contribution in [2.24, 2.45) is 0 Å². The molecule has 1 saturated carbocycles. The first-order chi connectivity index (χ1) is 14.0. The molecule has 29 heavy (non-hydrogen) atoms. The van der Waals surface area contributed by atoms with E-state index in [4.69, 9.17) is 20.2 Å². The van der Waals surface area contributed by atoms with Crippen LogP contribution in [0.1, 0.15) is 50.8 Å². The maximum absolute atomic E-state index is 10.2. The average Bonchev–Trinajstić information content (AvgIpc) is 3.08. The number of hydrogen-bond acceptors (Lipinski definition) is 6. The van der Waals surface area contributed by atoms with Crippen LogP contribution < -0.4 is 10.5 Å². The summed E-state index contributed by atoms with van der Waals surface area (Å²) in [5.74, 6) is 2.36. The second-order valence-corrected chi connectivity index (χ2v) is 8.39. The van der Waals surface area contributed by atoms with E-state index in [2.05, 4.69) is 4.98 Å². The van der Waals surface area contributed by atoms with Gasteiger partial charge in [0.1, 0.15) is 28.6 Å². The Morgan fingerprint density at radius 1 is 1.24 bits per heavy atom. The van der Waals surface area contributed by atoms with Crippen molar-refractivity contribution in [2.75, 3.05) is 12.3 Å². The van der Waals surface area contributed by atoms with Crippen LogP contribution in [-0.2, 0) is 4.74 Å². The van der Waals surface area contributed by atoms with Crippen molar-refractivity contribution >= 4 is 11.3 Å². The Kier molecular flexibility index (Phi) is 4.44. The number of anilines is 1. The third-order valence-corrected chi connectivity index (χ3v) is 5.88. The van der Waals surface area contributed by atoms with Gasteiger partial charge in [-0.25, -0.2) is 9.97 Å². The summed E-state index contributed by atoms with van der Waals surface area (Å²) >= 11 is 0. The number of fused-ring (bicyclic) bond motifs is 1. The Morgan fingerprint density at radius 2 is 2.03 bits per heavy atom. The zero-order valence-corrected chi connectivity index (χ0v) is 16.5. The van der Waals surface area contributed by atoms with Crippen LogP contribution >= 0.6 is 0 Å². The van der Waals surface area contributed by atoms with Crippen molar-refractivity contribution < 1.29 is 14.6 Å². The molecule has 2 aromatic heterocycles. The topological polar surface area (TPSA) is 94.9 Å². The normalized spacial score (nSPS) is 27.0. The number of aliphatic hydroxyl groups is 1. The molecule has 1 saturated heterocycles. The number of nitrogens with zero attached hydrogens (tertiary/aromatic N) is 3. The summed E-state index contributed by atoms with van der Waals surface area (Å²) in [6.45, 7) is 2.62. The number of hydrogen-bond donors (Lipinski definition) is 2. The molecule has 3 heterocycles. The van der Waals surface area contributed by atoms with Crippen LogP contribution in [0.2, 0.25) is 0 Å². The number of nitrogens with two attached hydrogens (primary N) is 1. The largest absolute Gasteiger partial charge is 0.465 e. The molecular weight excluding hydrogens is 368 g/mol. The predicted molar refractivity (Wildman–Crippen MR) is 110 cm³/mol. The molecule has 1 aliphatic heterocycles. The first kappa shape index (κ1) is 18.4. The third-order valence-electron chi connectivity index (χ3n) is 5.88. The highest BCUT2D eigenvalue weighted by Gasteiger charge is 2.41. The highest BCUT2D eigenvalue weighted by molar-refractivity contribution is 5.85. The van der Waals surface area contributed by atoms with Gasteiger partial charge < -0.3 is 20.3 Å². The lowest BCUT2D eigenvalue weighted by Crippen LogP contribution is -2.40. The first-order valence-electron chi connectivity index (χ1n) is 10.2. The van der Waals surface area contributed by atoms with E-state index < -0.39 is 5.60 Å². The molecule has 0 radical (unpaired) electrons. The van der Waals surface area contributed by atoms with Crippen LogP contribution in [-0.4, -0.2) is 38.0 Å². The maximum Gasteiger partial charge on any atom is 0.199 e. The number of rotatable bonds is 4. The molecule has 1 aromatic carbocycles. The molecule has 0 bridgehead atoms. The molecule has 1 aliphatic carbocycles. The molecule has 0 spiro atoms. The van der Waals surface area contributed by atoms with E-state index in [0.29, 0.717) is 18.7 Å². The Hall–Kier alpha value is -2.64. The minimum absolute atomic E-state index is 0.166. The molecule has 2 aliphatic rings. The summed E-state index contributed by atoms with van der Waals surface area (Å²) in [7, 11) is 0. The molecule has 152 valence electrons. The van der Waals surface area contributed by atoms with Crippen molar-refractivity contribution in [3.05, 3.63) is 42.5 Å². The average molecular weight is 394 g/mol. The highest BCUT2D eigenvalue weighted by atomic mass is 16.7. The monoisotopic (exact) mass is 394 g/mol. The van der Waals surface area contributed by atoms with Crippen LogP contribution in [0.5, 0.6) is 5.75 Å². The number of nitrogen functional groups attached to an aromatic ring is 1. The summed E-state index contributed by atoms with van der Waals surface area (Å²) in [6, 6.07) is 7.87. The molecule has 5 rings (SSSR count). The minimum atomic E-state index is -0.616. The van der Waals surface area contributed by atoms with E-state index in [1.807, 2.05) is 41.8 Å². The van der Waals surface area contributed by atoms with E-state index in [0.717, 1.165) is 54.2 Å². The SMILES string of the molecule is CC1(O)CC(c2nc(-c3ccc(OC4CCCCO4)cc3)c3c(N)nccn23)C1. The maximum atomic E-state index is 10.2. The zero-order chi connectivity index (χ0) is 20.0. The van der Waals surface area contributed by atoms with Crippen molar-refractivity contribution in [1.29, 1.82) is 0 Å². The highest BCUT2D eigenvalue weighted by Crippen LogP contribution is 2.45. The van der Waals surface area contributed by atoms with Gasteiger partial charge in [-0.1, -0.05) is 0 Å². The molecule has 3 aromatic rings. The zero-order valence-electron chi connectivity index (χ0n) is 16.5. The van der Waals surface area contributed by atoms with Crippen LogP contribution in [0.4, 0.5) is 5.82 Å². The van der Waals surface area contributed by atoms with E-state index in [1.54, 1.807) is 6.20 Å². The van der Waals surface area contributed by atoms with Crippen LogP contribution in [0.15, 0.2) is 36.7 Å². The van der Waals surface area contributed by atoms with Crippen molar-refractivity contribution in [1.82, 2.24) is 14.4 Å². The Morgan fingerprint density at radius 3 is 2.72 bits per heavy atom. The fourth-order valence-corrected chi connectivity index (χ4v) is 4.41. The quantitative estimate of drug-likeness (QED) is 0.703. The van der Waals surface area contributed by atoms with Gasteiger partial charge in [0.05, 0.1) is 12.2 Å². The number of benzene rings is 1. The van der Waals surface area contributed by atoms with Gasteiger partial charge in [0.2, 0.25) is 0 Å². The van der Waals surface area contributed by atoms with Gasteiger partial charge in [-0.2, -0.15) is 0 Å². The smallest absolute Gasteiger partial charge is 0.199 e. The van der Waals surface area contributed by atoms with Crippen molar-refractivity contribution in [3.63, 3.8) is 0 Å². The van der Waals surface area contributed by atoms with E-state index in [1.165, 1.54) is 0 Å². The summed E-state index contributed by atoms with van der Waals surface area (Å²) in [4.78, 5) is 9.18. The van der Waals surface area contributed by atoms with Crippen LogP contribution in [0.25, 0.3) is 16.8 Å². The fraction of sp³-hybridized carbons (Fsp3) is 0.455. The molecule has 1 unspecified atom stereocenters. The van der Waals surface area contributed by atoms with Crippen molar-refractivity contribution in [2.45, 2.75) is 56.8 Å². The Bertz CT molecular complexity index is 1010. The molecule has 7 heteroatoms. The fourth-order valence-electron chi connectivity index (χ4n) is 4.41. The van der Waals surface area contributed by atoms with Gasteiger partial charge in [-0.05, 0) is 56.9 Å². The van der Waals surface area contributed by atoms with Crippen molar-refractivity contribution in [3.8, 4) is 17.0 Å². The van der Waals surface area contributed by atoms with E-state index >= 15 is 0 Å². The first-order valence-corrected chi connectivity index (χ1v) is 10.2. The molecule has 3 N–H and O–H groups in total. The lowest BCUT2D eigenvalue weighted by molar-refractivity contribution is -0.105. The van der Waals surface area contributed by atoms with Gasteiger partial charge >= 0.3 is 0 Å². The van der Waals surface area contributed by atoms with Gasteiger partial charge in [0, 0.05) is 30.3 Å². The Balaban J connectivity index is 1.46. The van der Waals surface area contributed by atoms with E-state index in [9.17, 15) is 5.11 Å². The standard InChI is InChI=1S/C22H26N4O3/c1-22(27)12-15(13-22)21-25-18(19-20(23)24-9-10-26(19)21)14-5-7-16(8-6-14)29-17-4-2-3-11-28-17/h5-10,15,17,27H,2-4,11-13H2,1H3,(H2,23,24). The Labute approximate surface area is 169 Å². The molecule has 2 fully saturated rings. The second kappa shape index (κ2) is 7.00. The van der Waals surface area contributed by atoms with Gasteiger partial charge in [0.15, 0.2) is 6.29 Å². The van der Waals surface area contributed by atoms with Crippen LogP contribution in [0.3, 0.4) is 0 Å². The summed E-state index contributed by atoms with van der Waals surface area (Å²) < 4.78 is 13.6. The third kappa shape index (κ3) is 3.45. The summed E-state index contributed by atoms with van der Waals surface area (Å²) in [6.07, 6.45) is 7.96. The lowest BCUT2D eigenvalue weighted by atomic mass is 9.72. The number of aromatic nitrogens is 3. The minimum Gasteiger partial charge on any atom is -0.465 e. The number of ether oxygens (including phenoxy) is 2. The van der Waals surface area contributed by atoms with E-state index in [-0.39, 0.29) is 12.2 Å². The van der Waals surface area contributed by atoms with Gasteiger partial charge in [-0.15, -0.1) is 0 Å². The second-order valence-electron chi connectivity index (χ2n) is 8.39. The molecular formula is C22H26N4O3. The predicted octanol–water partition coefficient (Wildman–Crippen LogP) is 3.51. The lowest BCUT2D eigenvalue weighted by Gasteiger charge is -2.40. The van der Waals surface area contributed by atoms with Gasteiger partial charge in [-0.3, -0.25) is 4.40 Å². The number of imidazole rings is 1. The van der Waals surface area contributed by atoms with Gasteiger partial charge in [0.25, 0.3) is 0 Å².